The summed E-state index contributed by atoms with van der Waals surface area (Å²) in [4.78, 5) is 15.6. The minimum Gasteiger partial charge on any atom is -0.361 e. The van der Waals surface area contributed by atoms with Crippen LogP contribution >= 0.6 is 11.8 Å². The van der Waals surface area contributed by atoms with Gasteiger partial charge in [-0.25, -0.2) is 0 Å². The van der Waals surface area contributed by atoms with E-state index in [9.17, 15) is 4.79 Å². The first-order valence-corrected chi connectivity index (χ1v) is 8.95. The minimum atomic E-state index is -0.0789. The van der Waals surface area contributed by atoms with Crippen molar-refractivity contribution in [2.24, 2.45) is 0 Å². The van der Waals surface area contributed by atoms with E-state index in [1.54, 1.807) is 0 Å². The number of carbonyl (C=O) groups is 1. The van der Waals surface area contributed by atoms with Crippen molar-refractivity contribution in [1.82, 2.24) is 20.5 Å². The molecule has 5 nitrogen and oxygen atoms in total. The molecule has 1 aromatic carbocycles. The number of benzene rings is 1. The number of amides is 1. The van der Waals surface area contributed by atoms with E-state index in [0.29, 0.717) is 12.2 Å². The molecule has 0 fully saturated rings. The van der Waals surface area contributed by atoms with Crippen molar-refractivity contribution < 1.29 is 4.79 Å². The molecule has 0 radical (unpaired) electrons. The fourth-order valence-electron chi connectivity index (χ4n) is 3.03. The first-order valence-electron chi connectivity index (χ1n) is 7.80. The maximum atomic E-state index is 12.4. The van der Waals surface area contributed by atoms with Gasteiger partial charge < -0.3 is 10.3 Å². The second-order valence-corrected chi connectivity index (χ2v) is 6.80. The predicted molar refractivity (Wildman–Crippen MR) is 92.8 cm³/mol. The number of hydrogen-bond acceptors (Lipinski definition) is 3. The summed E-state index contributed by atoms with van der Waals surface area (Å²) in [6.07, 6.45) is 3.79. The first kappa shape index (κ1) is 14.4. The van der Waals surface area contributed by atoms with Crippen molar-refractivity contribution >= 4 is 28.6 Å². The van der Waals surface area contributed by atoms with E-state index in [1.807, 2.05) is 30.1 Å². The molecule has 0 unspecified atom stereocenters. The van der Waals surface area contributed by atoms with Crippen LogP contribution in [0.4, 0.5) is 0 Å². The molecule has 3 heterocycles. The number of hydrogen-bond donors (Lipinski definition) is 3. The van der Waals surface area contributed by atoms with Crippen LogP contribution in [-0.2, 0) is 18.6 Å². The Morgan fingerprint density at radius 3 is 3.22 bits per heavy atom. The van der Waals surface area contributed by atoms with Gasteiger partial charge in [0.1, 0.15) is 0 Å². The Kier molecular flexibility index (Phi) is 3.83. The molecule has 0 saturated heterocycles. The van der Waals surface area contributed by atoms with Crippen LogP contribution in [0.2, 0.25) is 0 Å². The molecule has 0 aliphatic carbocycles. The summed E-state index contributed by atoms with van der Waals surface area (Å²) < 4.78 is 0. The molecular weight excluding hydrogens is 308 g/mol. The zero-order valence-electron chi connectivity index (χ0n) is 12.7. The fourth-order valence-corrected chi connectivity index (χ4v) is 4.04. The van der Waals surface area contributed by atoms with Gasteiger partial charge in [-0.1, -0.05) is 18.2 Å². The van der Waals surface area contributed by atoms with Crippen molar-refractivity contribution in [2.75, 3.05) is 12.3 Å². The topological polar surface area (TPSA) is 73.6 Å². The van der Waals surface area contributed by atoms with Crippen LogP contribution in [0.15, 0.2) is 30.5 Å². The third kappa shape index (κ3) is 2.74. The molecule has 1 aliphatic rings. The Morgan fingerprint density at radius 2 is 2.26 bits per heavy atom. The summed E-state index contributed by atoms with van der Waals surface area (Å²) in [6.45, 7) is 0.607. The van der Waals surface area contributed by atoms with Gasteiger partial charge in [-0.3, -0.25) is 9.89 Å². The van der Waals surface area contributed by atoms with E-state index >= 15 is 0 Å². The van der Waals surface area contributed by atoms with Gasteiger partial charge in [-0.2, -0.15) is 16.9 Å². The summed E-state index contributed by atoms with van der Waals surface area (Å²) >= 11 is 1.85. The highest BCUT2D eigenvalue weighted by atomic mass is 32.2. The van der Waals surface area contributed by atoms with E-state index in [1.165, 1.54) is 10.9 Å². The Balaban J connectivity index is 1.41. The summed E-state index contributed by atoms with van der Waals surface area (Å²) in [5.41, 5.74) is 5.11. The van der Waals surface area contributed by atoms with Crippen molar-refractivity contribution in [1.29, 1.82) is 0 Å². The molecule has 6 heteroatoms. The number of carbonyl (C=O) groups excluding carboxylic acids is 1. The molecule has 118 valence electrons. The number of H-pyrrole nitrogens is 2. The standard InChI is InChI=1S/C17H18N4OS/c22-17(16-13-10-23-8-6-15(13)20-21-16)18-7-5-11-9-19-14-4-2-1-3-12(11)14/h1-4,9,19H,5-8,10H2,(H,18,22)(H,20,21). The van der Waals surface area contributed by atoms with E-state index < -0.39 is 0 Å². The molecule has 0 spiro atoms. The van der Waals surface area contributed by atoms with Crippen molar-refractivity contribution in [2.45, 2.75) is 18.6 Å². The molecule has 1 aliphatic heterocycles. The van der Waals surface area contributed by atoms with Gasteiger partial charge in [0.15, 0.2) is 5.69 Å². The lowest BCUT2D eigenvalue weighted by molar-refractivity contribution is 0.0948. The zero-order chi connectivity index (χ0) is 15.6. The summed E-state index contributed by atoms with van der Waals surface area (Å²) in [6, 6.07) is 8.21. The second kappa shape index (κ2) is 6.12. The Labute approximate surface area is 138 Å². The van der Waals surface area contributed by atoms with Crippen LogP contribution < -0.4 is 5.32 Å². The number of rotatable bonds is 4. The molecule has 3 N–H and O–H groups in total. The third-order valence-electron chi connectivity index (χ3n) is 4.27. The van der Waals surface area contributed by atoms with Crippen LogP contribution in [0.1, 0.15) is 27.3 Å². The van der Waals surface area contributed by atoms with Gasteiger partial charge in [0.05, 0.1) is 0 Å². The van der Waals surface area contributed by atoms with Crippen molar-refractivity contribution in [3.8, 4) is 0 Å². The second-order valence-electron chi connectivity index (χ2n) is 5.70. The quantitative estimate of drug-likeness (QED) is 0.690. The smallest absolute Gasteiger partial charge is 0.272 e. The number of thioether (sulfide) groups is 1. The van der Waals surface area contributed by atoms with Crippen LogP contribution in [0.3, 0.4) is 0 Å². The summed E-state index contributed by atoms with van der Waals surface area (Å²) in [5.74, 6) is 1.89. The van der Waals surface area contributed by atoms with Gasteiger partial charge in [0.25, 0.3) is 5.91 Å². The van der Waals surface area contributed by atoms with E-state index in [2.05, 4.69) is 32.6 Å². The van der Waals surface area contributed by atoms with Gasteiger partial charge in [-0.05, 0) is 30.2 Å². The largest absolute Gasteiger partial charge is 0.361 e. The molecule has 0 atom stereocenters. The van der Waals surface area contributed by atoms with Crippen LogP contribution in [0, 0.1) is 0 Å². The lowest BCUT2D eigenvalue weighted by Crippen LogP contribution is -2.27. The average molecular weight is 326 g/mol. The number of nitrogens with one attached hydrogen (secondary N) is 3. The number of aromatic nitrogens is 3. The number of fused-ring (bicyclic) bond motifs is 2. The van der Waals surface area contributed by atoms with Crippen LogP contribution in [0.25, 0.3) is 10.9 Å². The maximum Gasteiger partial charge on any atom is 0.272 e. The molecule has 1 amide bonds. The SMILES string of the molecule is O=C(NCCc1c[nH]c2ccccc12)c1n[nH]c2c1CSCC2. The Hall–Kier alpha value is -2.21. The average Bonchev–Trinajstić information content (AvgIpc) is 3.19. The third-order valence-corrected chi connectivity index (χ3v) is 5.25. The van der Waals surface area contributed by atoms with Crippen LogP contribution in [0.5, 0.6) is 0 Å². The Morgan fingerprint density at radius 1 is 1.35 bits per heavy atom. The highest BCUT2D eigenvalue weighted by Crippen LogP contribution is 2.25. The zero-order valence-corrected chi connectivity index (χ0v) is 13.5. The molecule has 23 heavy (non-hydrogen) atoms. The molecule has 3 aromatic rings. The van der Waals surface area contributed by atoms with Crippen molar-refractivity contribution in [3.05, 3.63) is 53.0 Å². The van der Waals surface area contributed by atoms with Gasteiger partial charge in [0, 0.05) is 40.7 Å². The highest BCUT2D eigenvalue weighted by molar-refractivity contribution is 7.98. The summed E-state index contributed by atoms with van der Waals surface area (Å²) in [5, 5.41) is 11.4. The number of aromatic amines is 2. The van der Waals surface area contributed by atoms with Crippen LogP contribution in [-0.4, -0.2) is 33.4 Å². The van der Waals surface area contributed by atoms with E-state index in [4.69, 9.17) is 0 Å². The van der Waals surface area contributed by atoms with Gasteiger partial charge >= 0.3 is 0 Å². The molecule has 4 rings (SSSR count). The van der Waals surface area contributed by atoms with Crippen molar-refractivity contribution in [3.63, 3.8) is 0 Å². The monoisotopic (exact) mass is 326 g/mol. The summed E-state index contributed by atoms with van der Waals surface area (Å²) in [7, 11) is 0. The number of para-hydroxylation sites is 1. The number of nitrogens with zero attached hydrogens (tertiary/aromatic N) is 1. The Bertz CT molecular complexity index is 851. The highest BCUT2D eigenvalue weighted by Gasteiger charge is 2.21. The van der Waals surface area contributed by atoms with E-state index in [0.717, 1.165) is 41.1 Å². The molecule has 2 aromatic heterocycles. The molecule has 0 saturated carbocycles. The first-order chi connectivity index (χ1) is 11.3. The minimum absolute atomic E-state index is 0.0789. The lowest BCUT2D eigenvalue weighted by Gasteiger charge is -2.11. The maximum absolute atomic E-state index is 12.4. The fraction of sp³-hybridized carbons (Fsp3) is 0.294. The van der Waals surface area contributed by atoms with Gasteiger partial charge in [-0.15, -0.1) is 0 Å². The molecule has 0 bridgehead atoms. The molecular formula is C17H18N4OS. The van der Waals surface area contributed by atoms with E-state index in [-0.39, 0.29) is 5.91 Å². The lowest BCUT2D eigenvalue weighted by atomic mass is 10.1. The number of aryl methyl sites for hydroxylation is 1. The van der Waals surface area contributed by atoms with Gasteiger partial charge in [0.2, 0.25) is 0 Å². The normalized spacial score (nSPS) is 13.9. The predicted octanol–water partition coefficient (Wildman–Crippen LogP) is 2.65.